The average molecular weight is 708 g/mol. The van der Waals surface area contributed by atoms with Crippen LogP contribution in [0.5, 0.6) is 0 Å². The van der Waals surface area contributed by atoms with Crippen LogP contribution in [-0.4, -0.2) is 65.9 Å². The van der Waals surface area contributed by atoms with Gasteiger partial charge in [0.15, 0.2) is 5.96 Å². The maximum atomic E-state index is 14.4. The summed E-state index contributed by atoms with van der Waals surface area (Å²) >= 11 is 0. The van der Waals surface area contributed by atoms with E-state index in [-0.39, 0.29) is 49.8 Å². The molecular formula is C39H61N7O5. The van der Waals surface area contributed by atoms with Gasteiger partial charge in [0.1, 0.15) is 12.6 Å². The van der Waals surface area contributed by atoms with Crippen molar-refractivity contribution >= 4 is 29.8 Å². The summed E-state index contributed by atoms with van der Waals surface area (Å²) < 4.78 is 5.41. The number of carbonyl (C=O) groups excluding carboxylic acids is 4. The van der Waals surface area contributed by atoms with Crippen molar-refractivity contribution in [3.63, 3.8) is 0 Å². The van der Waals surface area contributed by atoms with E-state index in [0.29, 0.717) is 19.3 Å². The molecule has 0 saturated carbocycles. The van der Waals surface area contributed by atoms with Crippen molar-refractivity contribution in [3.05, 3.63) is 71.8 Å². The maximum absolute atomic E-state index is 14.4. The second-order valence-corrected chi connectivity index (χ2v) is 13.9. The van der Waals surface area contributed by atoms with Gasteiger partial charge in [0.25, 0.3) is 5.91 Å². The van der Waals surface area contributed by atoms with Crippen molar-refractivity contribution < 1.29 is 23.9 Å². The van der Waals surface area contributed by atoms with Gasteiger partial charge in [-0.2, -0.15) is 0 Å². The van der Waals surface area contributed by atoms with Crippen molar-refractivity contribution in [1.82, 2.24) is 15.5 Å². The number of nitrogens with two attached hydrogens (primary N) is 3. The Bertz CT molecular complexity index is 1350. The van der Waals surface area contributed by atoms with Gasteiger partial charge in [0, 0.05) is 19.5 Å². The molecule has 0 fully saturated rings. The molecule has 8 N–H and O–H groups in total. The van der Waals surface area contributed by atoms with Gasteiger partial charge in [0.2, 0.25) is 11.8 Å². The van der Waals surface area contributed by atoms with Gasteiger partial charge in [-0.3, -0.25) is 24.3 Å². The first kappa shape index (κ1) is 42.7. The number of rotatable bonds is 23. The minimum atomic E-state index is -1.14. The monoisotopic (exact) mass is 707 g/mol. The van der Waals surface area contributed by atoms with Crippen molar-refractivity contribution in [1.29, 1.82) is 0 Å². The van der Waals surface area contributed by atoms with Crippen LogP contribution in [0.3, 0.4) is 0 Å². The second kappa shape index (κ2) is 23.9. The van der Waals surface area contributed by atoms with Crippen molar-refractivity contribution in [2.24, 2.45) is 34.0 Å². The normalized spacial score (nSPS) is 12.8. The van der Waals surface area contributed by atoms with Crippen LogP contribution in [0.4, 0.5) is 4.79 Å². The molecule has 282 valence electrons. The number of alkyl carbamates (subject to hydrolysis) is 1. The van der Waals surface area contributed by atoms with Crippen LogP contribution in [0.25, 0.3) is 0 Å². The Morgan fingerprint density at radius 3 is 2.02 bits per heavy atom. The number of aryl methyl sites for hydroxylation is 1. The smallest absolute Gasteiger partial charge is 0.408 e. The number of amides is 4. The van der Waals surface area contributed by atoms with Crippen LogP contribution in [-0.2, 0) is 32.1 Å². The highest BCUT2D eigenvalue weighted by atomic mass is 16.5. The number of hydrogen-bond acceptors (Lipinski definition) is 7. The highest BCUT2D eigenvalue weighted by molar-refractivity contribution is 6.01. The Labute approximate surface area is 304 Å². The van der Waals surface area contributed by atoms with E-state index in [1.165, 1.54) is 5.56 Å². The Balaban J connectivity index is 2.13. The molecule has 0 bridgehead atoms. The van der Waals surface area contributed by atoms with Gasteiger partial charge in [-0.05, 0) is 61.5 Å². The molecule has 2 rings (SSSR count). The molecule has 0 saturated heterocycles. The minimum Gasteiger partial charge on any atom is -0.445 e. The average Bonchev–Trinajstić information content (AvgIpc) is 3.09. The number of hydrogen-bond donors (Lipinski definition) is 5. The lowest BCUT2D eigenvalue weighted by atomic mass is 9.97. The van der Waals surface area contributed by atoms with E-state index in [2.05, 4.69) is 39.9 Å². The number of benzene rings is 2. The van der Waals surface area contributed by atoms with Crippen molar-refractivity contribution in [2.75, 3.05) is 13.1 Å². The fourth-order valence-electron chi connectivity index (χ4n) is 5.78. The van der Waals surface area contributed by atoms with E-state index < -0.39 is 36.0 Å². The van der Waals surface area contributed by atoms with E-state index in [4.69, 9.17) is 21.9 Å². The third kappa shape index (κ3) is 17.4. The Kier molecular flexibility index (Phi) is 20.0. The first-order chi connectivity index (χ1) is 24.4. The lowest BCUT2D eigenvalue weighted by Gasteiger charge is -2.37. The van der Waals surface area contributed by atoms with Gasteiger partial charge >= 0.3 is 6.09 Å². The third-order valence-electron chi connectivity index (χ3n) is 8.59. The molecule has 0 aliphatic rings. The number of nitrogens with one attached hydrogen (secondary N) is 2. The largest absolute Gasteiger partial charge is 0.445 e. The SMILES string of the molecule is CC(C)C[C@H](N)C(=O)N(C(=O)[C@H](CCCN=C(N)N)NC(=O)OCc1ccccc1)[C@H](CNC(=O)CCCCCCCc1ccccc1)C(C)C. The molecule has 0 spiro atoms. The van der Waals surface area contributed by atoms with Crippen LogP contribution in [0.1, 0.15) is 96.6 Å². The van der Waals surface area contributed by atoms with Crippen molar-refractivity contribution in [3.8, 4) is 0 Å². The zero-order valence-corrected chi connectivity index (χ0v) is 31.0. The van der Waals surface area contributed by atoms with Gasteiger partial charge in [-0.25, -0.2) is 4.79 Å². The molecule has 12 heteroatoms. The second-order valence-electron chi connectivity index (χ2n) is 13.9. The zero-order valence-electron chi connectivity index (χ0n) is 31.0. The molecule has 0 radical (unpaired) electrons. The molecule has 0 aromatic heterocycles. The Morgan fingerprint density at radius 2 is 1.41 bits per heavy atom. The predicted molar refractivity (Wildman–Crippen MR) is 202 cm³/mol. The highest BCUT2D eigenvalue weighted by Gasteiger charge is 2.39. The summed E-state index contributed by atoms with van der Waals surface area (Å²) in [5, 5.41) is 5.62. The van der Waals surface area contributed by atoms with Crippen LogP contribution in [0.2, 0.25) is 0 Å². The van der Waals surface area contributed by atoms with Crippen molar-refractivity contribution in [2.45, 2.75) is 117 Å². The minimum absolute atomic E-state index is 0.00215. The van der Waals surface area contributed by atoms with E-state index in [9.17, 15) is 19.2 Å². The third-order valence-corrected chi connectivity index (χ3v) is 8.59. The summed E-state index contributed by atoms with van der Waals surface area (Å²) in [4.78, 5) is 59.4. The molecule has 12 nitrogen and oxygen atoms in total. The van der Waals surface area contributed by atoms with E-state index in [1.54, 1.807) is 0 Å². The fraction of sp³-hybridized carbons (Fsp3) is 0.564. The number of aliphatic imine (C=N–C) groups is 1. The zero-order chi connectivity index (χ0) is 37.6. The lowest BCUT2D eigenvalue weighted by Crippen LogP contribution is -2.61. The molecule has 0 heterocycles. The summed E-state index contributed by atoms with van der Waals surface area (Å²) in [6.07, 6.45) is 6.35. The molecule has 3 atom stereocenters. The van der Waals surface area contributed by atoms with Crippen LogP contribution in [0, 0.1) is 11.8 Å². The predicted octanol–water partition coefficient (Wildman–Crippen LogP) is 4.79. The molecular weight excluding hydrogens is 646 g/mol. The first-order valence-corrected chi connectivity index (χ1v) is 18.3. The number of carbonyl (C=O) groups is 4. The summed E-state index contributed by atoms with van der Waals surface area (Å²) in [5.41, 5.74) is 19.5. The highest BCUT2D eigenvalue weighted by Crippen LogP contribution is 2.18. The number of guanidine groups is 1. The molecule has 51 heavy (non-hydrogen) atoms. The number of nitrogens with zero attached hydrogens (tertiary/aromatic N) is 2. The van der Waals surface area contributed by atoms with E-state index >= 15 is 0 Å². The number of ether oxygens (including phenoxy) is 1. The van der Waals surface area contributed by atoms with Crippen LogP contribution < -0.4 is 27.8 Å². The van der Waals surface area contributed by atoms with Crippen LogP contribution >= 0.6 is 0 Å². The molecule has 0 unspecified atom stereocenters. The summed E-state index contributed by atoms with van der Waals surface area (Å²) in [6, 6.07) is 16.7. The van der Waals surface area contributed by atoms with Gasteiger partial charge in [0.05, 0.1) is 12.1 Å². The molecule has 2 aromatic rings. The Morgan fingerprint density at radius 1 is 0.804 bits per heavy atom. The maximum Gasteiger partial charge on any atom is 0.408 e. The summed E-state index contributed by atoms with van der Waals surface area (Å²) in [5.74, 6) is -1.58. The van der Waals surface area contributed by atoms with Gasteiger partial charge in [-0.15, -0.1) is 0 Å². The molecule has 4 amide bonds. The quantitative estimate of drug-likeness (QED) is 0.0618. The molecule has 0 aliphatic carbocycles. The number of unbranched alkanes of at least 4 members (excludes halogenated alkanes) is 4. The molecule has 2 aromatic carbocycles. The topological polar surface area (TPSA) is 195 Å². The fourth-order valence-corrected chi connectivity index (χ4v) is 5.78. The summed E-state index contributed by atoms with van der Waals surface area (Å²) in [6.45, 7) is 7.91. The van der Waals surface area contributed by atoms with Crippen LogP contribution in [0.15, 0.2) is 65.7 Å². The standard InChI is InChI=1S/C39H61N7O5/c1-28(2)25-32(40)36(48)46(34(29(3)4)26-44-35(47)23-15-7-5-6-10-17-30-18-11-8-12-19-30)37(49)33(22-16-24-43-38(41)42)45-39(50)51-27-31-20-13-9-14-21-31/h8-9,11-14,18-21,28-29,32-34H,5-7,10,15-17,22-27,40H2,1-4H3,(H,44,47)(H,45,50)(H4,41,42,43)/t32-,33-,34+/m0/s1. The van der Waals surface area contributed by atoms with Gasteiger partial charge in [-0.1, -0.05) is 108 Å². The van der Waals surface area contributed by atoms with E-state index in [0.717, 1.165) is 49.0 Å². The van der Waals surface area contributed by atoms with E-state index in [1.807, 2.05) is 64.1 Å². The summed E-state index contributed by atoms with van der Waals surface area (Å²) in [7, 11) is 0. The Hall–Kier alpha value is -4.45. The number of imide groups is 1. The van der Waals surface area contributed by atoms with Gasteiger partial charge < -0.3 is 32.6 Å². The first-order valence-electron chi connectivity index (χ1n) is 18.3. The molecule has 0 aliphatic heterocycles. The lowest BCUT2D eigenvalue weighted by molar-refractivity contribution is -0.151.